The number of carbonyl (C=O) groups excluding carboxylic acids is 3. The molecule has 1 rings (SSSR count). The van der Waals surface area contributed by atoms with E-state index in [-0.39, 0.29) is 12.3 Å². The molecule has 30 heavy (non-hydrogen) atoms. The molecule has 11 nitrogen and oxygen atoms in total. The van der Waals surface area contributed by atoms with Crippen LogP contribution in [0.4, 0.5) is 0 Å². The van der Waals surface area contributed by atoms with Gasteiger partial charge in [-0.05, 0) is 31.3 Å². The van der Waals surface area contributed by atoms with Crippen LogP contribution in [0.2, 0.25) is 0 Å². The summed E-state index contributed by atoms with van der Waals surface area (Å²) in [6.07, 6.45) is 2.21. The summed E-state index contributed by atoms with van der Waals surface area (Å²) in [4.78, 5) is 61.1. The molecule has 4 unspecified atom stereocenters. The molecule has 0 bridgehead atoms. The molecule has 1 aliphatic rings. The molecule has 0 aromatic heterocycles. The van der Waals surface area contributed by atoms with Crippen molar-refractivity contribution < 1.29 is 34.2 Å². The normalized spacial score (nSPS) is 18.9. The second-order valence-corrected chi connectivity index (χ2v) is 8.17. The molecule has 0 aromatic carbocycles. The highest BCUT2D eigenvalue weighted by Gasteiger charge is 2.39. The number of nitrogens with one attached hydrogen (secondary N) is 2. The lowest BCUT2D eigenvalue weighted by Gasteiger charge is -2.29. The van der Waals surface area contributed by atoms with Crippen molar-refractivity contribution in [3.63, 3.8) is 0 Å². The number of carbonyl (C=O) groups is 5. The van der Waals surface area contributed by atoms with Gasteiger partial charge in [0, 0.05) is 12.3 Å². The molecule has 1 saturated heterocycles. The third kappa shape index (κ3) is 7.69. The van der Waals surface area contributed by atoms with Gasteiger partial charge in [0.2, 0.25) is 17.7 Å². The van der Waals surface area contributed by atoms with Crippen LogP contribution < -0.4 is 16.4 Å². The molecule has 1 heterocycles. The summed E-state index contributed by atoms with van der Waals surface area (Å²) in [6.45, 7) is 0.262. The van der Waals surface area contributed by atoms with Gasteiger partial charge in [-0.2, -0.15) is 24.4 Å². The standard InChI is InChI=1S/C17H28N4O7S2/c1-30-6-4-10(19-14(24)9(18)8-29)16(26)21-5-2-3-12(21)15(25)20-11(17(27)28)7-13(22)23/h9-12,29H,2-8,18H2,1H3,(H,19,24)(H,20,25)(H,22,23)(H,27,28). The zero-order valence-corrected chi connectivity index (χ0v) is 18.3. The molecule has 0 radical (unpaired) electrons. The van der Waals surface area contributed by atoms with Crippen molar-refractivity contribution in [3.8, 4) is 0 Å². The van der Waals surface area contributed by atoms with Crippen LogP contribution in [0.1, 0.15) is 25.7 Å². The molecule has 0 saturated carbocycles. The third-order valence-corrected chi connectivity index (χ3v) is 5.63. The van der Waals surface area contributed by atoms with Gasteiger partial charge in [-0.3, -0.25) is 19.2 Å². The first kappa shape index (κ1) is 26.0. The summed E-state index contributed by atoms with van der Waals surface area (Å²) >= 11 is 5.46. The van der Waals surface area contributed by atoms with Gasteiger partial charge in [0.25, 0.3) is 0 Å². The number of carboxylic acids is 2. The average molecular weight is 465 g/mol. The zero-order chi connectivity index (χ0) is 22.8. The highest BCUT2D eigenvalue weighted by Crippen LogP contribution is 2.20. The summed E-state index contributed by atoms with van der Waals surface area (Å²) < 4.78 is 0. The number of aliphatic carboxylic acids is 2. The highest BCUT2D eigenvalue weighted by molar-refractivity contribution is 7.98. The number of rotatable bonds is 12. The number of nitrogens with zero attached hydrogens (tertiary/aromatic N) is 1. The molecule has 0 spiro atoms. The van der Waals surface area contributed by atoms with E-state index in [2.05, 4.69) is 23.3 Å². The molecule has 0 aliphatic carbocycles. The van der Waals surface area contributed by atoms with Crippen LogP contribution in [0.15, 0.2) is 0 Å². The summed E-state index contributed by atoms with van der Waals surface area (Å²) in [5, 5.41) is 22.7. The minimum Gasteiger partial charge on any atom is -0.481 e. The number of likely N-dealkylation sites (tertiary alicyclic amines) is 1. The molecule has 13 heteroatoms. The number of hydrogen-bond acceptors (Lipinski definition) is 8. The zero-order valence-electron chi connectivity index (χ0n) is 16.6. The van der Waals surface area contributed by atoms with Crippen molar-refractivity contribution >= 4 is 54.1 Å². The number of thioether (sulfide) groups is 1. The van der Waals surface area contributed by atoms with Gasteiger partial charge in [0.1, 0.15) is 18.1 Å². The predicted molar refractivity (Wildman–Crippen MR) is 113 cm³/mol. The van der Waals surface area contributed by atoms with Crippen molar-refractivity contribution in [2.24, 2.45) is 5.73 Å². The Bertz CT molecular complexity index is 664. The van der Waals surface area contributed by atoms with Crippen LogP contribution >= 0.6 is 24.4 Å². The Morgan fingerprint density at radius 3 is 2.40 bits per heavy atom. The van der Waals surface area contributed by atoms with Crippen molar-refractivity contribution in [1.82, 2.24) is 15.5 Å². The van der Waals surface area contributed by atoms with Crippen molar-refractivity contribution in [1.29, 1.82) is 0 Å². The van der Waals surface area contributed by atoms with Crippen molar-refractivity contribution in [2.45, 2.75) is 49.9 Å². The van der Waals surface area contributed by atoms with Gasteiger partial charge in [0.05, 0.1) is 12.5 Å². The Labute approximate surface area is 183 Å². The van der Waals surface area contributed by atoms with Crippen LogP contribution in [-0.4, -0.2) is 93.2 Å². The Morgan fingerprint density at radius 1 is 1.20 bits per heavy atom. The van der Waals surface area contributed by atoms with Crippen LogP contribution in [0, 0.1) is 0 Å². The Hall–Kier alpha value is -1.99. The van der Waals surface area contributed by atoms with Gasteiger partial charge < -0.3 is 31.5 Å². The molecular formula is C17H28N4O7S2. The largest absolute Gasteiger partial charge is 0.481 e. The van der Waals surface area contributed by atoms with E-state index in [0.29, 0.717) is 25.0 Å². The fourth-order valence-electron chi connectivity index (χ4n) is 3.00. The monoisotopic (exact) mass is 464 g/mol. The second-order valence-electron chi connectivity index (χ2n) is 6.82. The SMILES string of the molecule is CSCCC(NC(=O)C(N)CS)C(=O)N1CCCC1C(=O)NC(CC(=O)O)C(=O)O. The van der Waals surface area contributed by atoms with E-state index in [4.69, 9.17) is 15.9 Å². The van der Waals surface area contributed by atoms with Crippen LogP contribution in [0.25, 0.3) is 0 Å². The maximum Gasteiger partial charge on any atom is 0.326 e. The van der Waals surface area contributed by atoms with Crippen LogP contribution in [-0.2, 0) is 24.0 Å². The minimum atomic E-state index is -1.60. The summed E-state index contributed by atoms with van der Waals surface area (Å²) in [7, 11) is 0. The first-order valence-electron chi connectivity index (χ1n) is 9.33. The van der Waals surface area contributed by atoms with Gasteiger partial charge in [-0.25, -0.2) is 4.79 Å². The molecule has 4 atom stereocenters. The number of thiol groups is 1. The average Bonchev–Trinajstić information content (AvgIpc) is 3.18. The number of carboxylic acid groups (broad SMARTS) is 2. The van der Waals surface area contributed by atoms with Crippen molar-refractivity contribution in [3.05, 3.63) is 0 Å². The maximum absolute atomic E-state index is 13.1. The predicted octanol–water partition coefficient (Wildman–Crippen LogP) is -1.48. The summed E-state index contributed by atoms with van der Waals surface area (Å²) in [5.74, 6) is -3.91. The molecule has 1 fully saturated rings. The second kappa shape index (κ2) is 12.6. The van der Waals surface area contributed by atoms with E-state index in [9.17, 15) is 24.0 Å². The molecule has 6 N–H and O–H groups in total. The lowest BCUT2D eigenvalue weighted by Crippen LogP contribution is -2.57. The first-order valence-corrected chi connectivity index (χ1v) is 11.4. The van der Waals surface area contributed by atoms with E-state index in [0.717, 1.165) is 0 Å². The lowest BCUT2D eigenvalue weighted by molar-refractivity contribution is -0.148. The molecular weight excluding hydrogens is 436 g/mol. The van der Waals surface area contributed by atoms with E-state index >= 15 is 0 Å². The highest BCUT2D eigenvalue weighted by atomic mass is 32.2. The molecule has 1 aliphatic heterocycles. The van der Waals surface area contributed by atoms with Gasteiger partial charge in [-0.1, -0.05) is 0 Å². The topological polar surface area (TPSA) is 179 Å². The fourth-order valence-corrected chi connectivity index (χ4v) is 3.64. The van der Waals surface area contributed by atoms with Gasteiger partial charge >= 0.3 is 11.9 Å². The maximum atomic E-state index is 13.1. The fraction of sp³-hybridized carbons (Fsp3) is 0.706. The lowest BCUT2D eigenvalue weighted by atomic mass is 10.1. The van der Waals surface area contributed by atoms with Crippen molar-refractivity contribution in [2.75, 3.05) is 24.3 Å². The number of nitrogens with two attached hydrogens (primary N) is 1. The van der Waals surface area contributed by atoms with E-state index in [1.54, 1.807) is 0 Å². The minimum absolute atomic E-state index is 0.101. The number of hydrogen-bond donors (Lipinski definition) is 6. The molecule has 3 amide bonds. The Morgan fingerprint density at radius 2 is 1.87 bits per heavy atom. The van der Waals surface area contributed by atoms with Gasteiger partial charge in [-0.15, -0.1) is 0 Å². The molecule has 170 valence electrons. The third-order valence-electron chi connectivity index (χ3n) is 4.59. The smallest absolute Gasteiger partial charge is 0.326 e. The van der Waals surface area contributed by atoms with E-state index in [1.807, 2.05) is 6.26 Å². The Kier molecular flexibility index (Phi) is 11.0. The Balaban J connectivity index is 2.92. The summed E-state index contributed by atoms with van der Waals surface area (Å²) in [5.41, 5.74) is 5.66. The van der Waals surface area contributed by atoms with Crippen LogP contribution in [0.3, 0.4) is 0 Å². The van der Waals surface area contributed by atoms with E-state index in [1.165, 1.54) is 16.7 Å². The summed E-state index contributed by atoms with van der Waals surface area (Å²) in [6, 6.07) is -4.32. The number of amides is 3. The van der Waals surface area contributed by atoms with E-state index < -0.39 is 60.2 Å². The molecule has 0 aromatic rings. The quantitative estimate of drug-likeness (QED) is 0.188. The first-order chi connectivity index (χ1) is 14.1. The van der Waals surface area contributed by atoms with Gasteiger partial charge in [0.15, 0.2) is 0 Å². The van der Waals surface area contributed by atoms with Crippen LogP contribution in [0.5, 0.6) is 0 Å².